The minimum atomic E-state index is -0.370. The number of fused-ring (bicyclic) bond motifs is 2. The summed E-state index contributed by atoms with van der Waals surface area (Å²) in [5, 5.41) is 3.28. The standard InChI is InChI=1S/C27H31ClN4O5/c1-19(2)27-29-10-12-31(27)11-9-26(34)32-13-14-35-15-16-36-23-5-3-4-6-24(23)37-22-8-7-20(28)17-21(22)30-25(33)18-32/h3-8,10,12,17,19H,9,11,13-16,18H2,1-2H3,(H,30,33). The van der Waals surface area contributed by atoms with Gasteiger partial charge < -0.3 is 29.0 Å². The zero-order valence-electron chi connectivity index (χ0n) is 21.0. The molecule has 2 aromatic carbocycles. The van der Waals surface area contributed by atoms with Gasteiger partial charge >= 0.3 is 0 Å². The zero-order valence-corrected chi connectivity index (χ0v) is 21.7. The van der Waals surface area contributed by atoms with Crippen LogP contribution < -0.4 is 14.8 Å². The van der Waals surface area contributed by atoms with Crippen LogP contribution in [0.1, 0.15) is 32.0 Å². The SMILES string of the molecule is CC(C)c1nccn1CCC(=O)N1CCOCCOc2ccccc2Oc2ccc(Cl)cc2NC(=O)C1. The van der Waals surface area contributed by atoms with Gasteiger partial charge in [-0.1, -0.05) is 37.6 Å². The van der Waals surface area contributed by atoms with E-state index in [1.54, 1.807) is 36.5 Å². The largest absolute Gasteiger partial charge is 0.487 e. The molecule has 1 aromatic heterocycles. The normalized spacial score (nSPS) is 14.9. The summed E-state index contributed by atoms with van der Waals surface area (Å²) >= 11 is 6.20. The van der Waals surface area contributed by atoms with Crippen molar-refractivity contribution in [3.8, 4) is 17.2 Å². The summed E-state index contributed by atoms with van der Waals surface area (Å²) in [6, 6.07) is 12.2. The Morgan fingerprint density at radius 1 is 1.11 bits per heavy atom. The molecule has 0 atom stereocenters. The maximum absolute atomic E-state index is 13.1. The molecule has 1 N–H and O–H groups in total. The molecule has 0 bridgehead atoms. The van der Waals surface area contributed by atoms with E-state index in [1.165, 1.54) is 4.90 Å². The average Bonchev–Trinajstić information content (AvgIpc) is 3.35. The van der Waals surface area contributed by atoms with E-state index < -0.39 is 0 Å². The molecule has 0 fully saturated rings. The lowest BCUT2D eigenvalue weighted by Gasteiger charge is -2.23. The first-order chi connectivity index (χ1) is 17.9. The van der Waals surface area contributed by atoms with Gasteiger partial charge in [0, 0.05) is 42.8 Å². The summed E-state index contributed by atoms with van der Waals surface area (Å²) < 4.78 is 19.6. The Bertz CT molecular complexity index is 1230. The highest BCUT2D eigenvalue weighted by molar-refractivity contribution is 6.31. The molecule has 0 saturated heterocycles. The number of halogens is 1. The lowest BCUT2D eigenvalue weighted by Crippen LogP contribution is -2.40. The monoisotopic (exact) mass is 526 g/mol. The van der Waals surface area contributed by atoms with Gasteiger partial charge in [0.05, 0.1) is 25.4 Å². The number of aryl methyl sites for hydroxylation is 1. The number of hydrogen-bond acceptors (Lipinski definition) is 6. The molecule has 0 unspecified atom stereocenters. The first-order valence-electron chi connectivity index (χ1n) is 12.3. The Morgan fingerprint density at radius 3 is 2.73 bits per heavy atom. The highest BCUT2D eigenvalue weighted by atomic mass is 35.5. The molecule has 4 rings (SSSR count). The number of carbonyl (C=O) groups is 2. The number of benzene rings is 2. The van der Waals surface area contributed by atoms with Gasteiger partial charge in [0.25, 0.3) is 0 Å². The molecule has 0 saturated carbocycles. The second-order valence-corrected chi connectivity index (χ2v) is 9.33. The fraction of sp³-hybridized carbons (Fsp3) is 0.370. The highest BCUT2D eigenvalue weighted by Gasteiger charge is 2.20. The Kier molecular flexibility index (Phi) is 9.03. The smallest absolute Gasteiger partial charge is 0.244 e. The summed E-state index contributed by atoms with van der Waals surface area (Å²) in [5.74, 6) is 2.07. The van der Waals surface area contributed by atoms with Gasteiger partial charge in [-0.2, -0.15) is 0 Å². The number of anilines is 1. The van der Waals surface area contributed by atoms with Crippen molar-refractivity contribution in [1.82, 2.24) is 14.5 Å². The van der Waals surface area contributed by atoms with Gasteiger partial charge in [0.1, 0.15) is 12.4 Å². The third-order valence-electron chi connectivity index (χ3n) is 5.79. The number of nitrogens with zero attached hydrogens (tertiary/aromatic N) is 3. The number of carbonyl (C=O) groups excluding carboxylic acids is 2. The van der Waals surface area contributed by atoms with Crippen molar-refractivity contribution < 1.29 is 23.8 Å². The third-order valence-corrected chi connectivity index (χ3v) is 6.03. The summed E-state index contributed by atoms with van der Waals surface area (Å²) in [6.45, 7) is 5.61. The molecule has 2 amide bonds. The average molecular weight is 527 g/mol. The number of amides is 2. The maximum Gasteiger partial charge on any atom is 0.244 e. The van der Waals surface area contributed by atoms with E-state index in [0.29, 0.717) is 47.7 Å². The minimum Gasteiger partial charge on any atom is -0.487 e. The number of imidazole rings is 1. The Balaban J connectivity index is 1.51. The van der Waals surface area contributed by atoms with E-state index in [4.69, 9.17) is 25.8 Å². The zero-order chi connectivity index (χ0) is 26.2. The molecule has 2 heterocycles. The predicted molar refractivity (Wildman–Crippen MR) is 140 cm³/mol. The summed E-state index contributed by atoms with van der Waals surface area (Å²) in [7, 11) is 0. The summed E-state index contributed by atoms with van der Waals surface area (Å²) in [4.78, 5) is 32.1. The Morgan fingerprint density at radius 2 is 1.92 bits per heavy atom. The summed E-state index contributed by atoms with van der Waals surface area (Å²) in [5.41, 5.74) is 0.394. The van der Waals surface area contributed by atoms with Gasteiger partial charge in [-0.05, 0) is 30.3 Å². The molecule has 9 nitrogen and oxygen atoms in total. The van der Waals surface area contributed by atoms with Gasteiger partial charge in [-0.3, -0.25) is 9.59 Å². The predicted octanol–water partition coefficient (Wildman–Crippen LogP) is 4.72. The van der Waals surface area contributed by atoms with Gasteiger partial charge in [0.2, 0.25) is 11.8 Å². The molecule has 10 heteroatoms. The number of para-hydroxylation sites is 2. The van der Waals surface area contributed by atoms with Crippen molar-refractivity contribution in [2.75, 3.05) is 38.2 Å². The van der Waals surface area contributed by atoms with Gasteiger partial charge in [-0.15, -0.1) is 0 Å². The van der Waals surface area contributed by atoms with Crippen molar-refractivity contribution in [3.05, 3.63) is 65.7 Å². The molecule has 0 radical (unpaired) electrons. The lowest BCUT2D eigenvalue weighted by atomic mass is 10.2. The molecule has 196 valence electrons. The number of rotatable bonds is 4. The molecule has 1 aliphatic heterocycles. The second-order valence-electron chi connectivity index (χ2n) is 8.90. The molecular weight excluding hydrogens is 496 g/mol. The molecule has 1 aliphatic rings. The quantitative estimate of drug-likeness (QED) is 0.528. The van der Waals surface area contributed by atoms with Crippen LogP contribution in [0.3, 0.4) is 0 Å². The number of ether oxygens (including phenoxy) is 3. The van der Waals surface area contributed by atoms with E-state index >= 15 is 0 Å². The first-order valence-corrected chi connectivity index (χ1v) is 12.6. The topological polar surface area (TPSA) is 94.9 Å². The fourth-order valence-corrected chi connectivity index (χ4v) is 4.16. The van der Waals surface area contributed by atoms with Crippen LogP contribution in [0.25, 0.3) is 0 Å². The highest BCUT2D eigenvalue weighted by Crippen LogP contribution is 2.36. The Labute approximate surface area is 221 Å². The van der Waals surface area contributed by atoms with Crippen LogP contribution in [-0.2, 0) is 20.9 Å². The van der Waals surface area contributed by atoms with Crippen LogP contribution in [0.4, 0.5) is 5.69 Å². The molecular formula is C27H31ClN4O5. The van der Waals surface area contributed by atoms with Crippen LogP contribution in [0.2, 0.25) is 5.02 Å². The Hall–Kier alpha value is -3.56. The fourth-order valence-electron chi connectivity index (χ4n) is 3.99. The van der Waals surface area contributed by atoms with Crippen LogP contribution >= 0.6 is 11.6 Å². The van der Waals surface area contributed by atoms with E-state index in [2.05, 4.69) is 24.1 Å². The van der Waals surface area contributed by atoms with Crippen molar-refractivity contribution in [1.29, 1.82) is 0 Å². The van der Waals surface area contributed by atoms with Gasteiger partial charge in [0.15, 0.2) is 17.2 Å². The number of aromatic nitrogens is 2. The van der Waals surface area contributed by atoms with Crippen molar-refractivity contribution >= 4 is 29.1 Å². The minimum absolute atomic E-state index is 0.137. The van der Waals surface area contributed by atoms with Gasteiger partial charge in [-0.25, -0.2) is 4.98 Å². The van der Waals surface area contributed by atoms with Crippen molar-refractivity contribution in [2.45, 2.75) is 32.7 Å². The van der Waals surface area contributed by atoms with Crippen LogP contribution in [0, 0.1) is 0 Å². The number of nitrogens with one attached hydrogen (secondary N) is 1. The third kappa shape index (κ3) is 7.24. The van der Waals surface area contributed by atoms with Crippen molar-refractivity contribution in [3.63, 3.8) is 0 Å². The van der Waals surface area contributed by atoms with Crippen LogP contribution in [0.15, 0.2) is 54.9 Å². The lowest BCUT2D eigenvalue weighted by molar-refractivity contribution is -0.135. The maximum atomic E-state index is 13.1. The molecule has 0 spiro atoms. The van der Waals surface area contributed by atoms with Crippen LogP contribution in [0.5, 0.6) is 17.2 Å². The second kappa shape index (κ2) is 12.6. The van der Waals surface area contributed by atoms with Crippen LogP contribution in [-0.4, -0.2) is 59.2 Å². The first kappa shape index (κ1) is 26.5. The summed E-state index contributed by atoms with van der Waals surface area (Å²) in [6.07, 6.45) is 3.83. The molecule has 37 heavy (non-hydrogen) atoms. The molecule has 0 aliphatic carbocycles. The number of hydrogen-bond donors (Lipinski definition) is 1. The van der Waals surface area contributed by atoms with E-state index in [1.807, 2.05) is 22.9 Å². The van der Waals surface area contributed by atoms with E-state index in [0.717, 1.165) is 5.82 Å². The molecule has 3 aromatic rings. The van der Waals surface area contributed by atoms with E-state index in [9.17, 15) is 9.59 Å². The van der Waals surface area contributed by atoms with E-state index in [-0.39, 0.29) is 43.8 Å². The van der Waals surface area contributed by atoms with Crippen molar-refractivity contribution in [2.24, 2.45) is 0 Å².